The van der Waals surface area contributed by atoms with E-state index in [0.717, 1.165) is 4.88 Å². The van der Waals surface area contributed by atoms with Crippen LogP contribution in [0.1, 0.15) is 56.0 Å². The highest BCUT2D eigenvalue weighted by Crippen LogP contribution is 2.28. The molecule has 1 N–H and O–H groups in total. The summed E-state index contributed by atoms with van der Waals surface area (Å²) in [4.78, 5) is 58.6. The third kappa shape index (κ3) is 6.33. The molecule has 5 aromatic rings. The minimum Gasteiger partial charge on any atom is -0.365 e. The number of nitrogens with zero attached hydrogens (tertiary/aromatic N) is 4. The van der Waals surface area contributed by atoms with E-state index in [4.69, 9.17) is 11.6 Å². The van der Waals surface area contributed by atoms with E-state index in [2.05, 4.69) is 15.4 Å². The number of hydrogen-bond donors (Lipinski definition) is 1. The lowest BCUT2D eigenvalue weighted by Crippen LogP contribution is -2.29. The summed E-state index contributed by atoms with van der Waals surface area (Å²) in [6.45, 7) is 5.49. The van der Waals surface area contributed by atoms with Gasteiger partial charge in [0.2, 0.25) is 0 Å². The quantitative estimate of drug-likeness (QED) is 0.193. The van der Waals surface area contributed by atoms with Crippen molar-refractivity contribution in [2.75, 3.05) is 5.32 Å². The summed E-state index contributed by atoms with van der Waals surface area (Å²) in [6.07, 6.45) is 2.93. The molecule has 0 aliphatic heterocycles. The molecule has 4 aromatic heterocycles. The van der Waals surface area contributed by atoms with Crippen LogP contribution in [0.5, 0.6) is 0 Å². The number of benzene rings is 1. The Kier molecular flexibility index (Phi) is 8.35. The molecule has 0 atom stereocenters. The molecule has 0 saturated heterocycles. The third-order valence-electron chi connectivity index (χ3n) is 6.30. The number of pyridine rings is 1. The fourth-order valence-electron chi connectivity index (χ4n) is 4.13. The van der Waals surface area contributed by atoms with Crippen LogP contribution in [-0.2, 0) is 13.1 Å². The van der Waals surface area contributed by atoms with Gasteiger partial charge in [0.25, 0.3) is 11.5 Å². The fourth-order valence-corrected chi connectivity index (χ4v) is 5.71. The van der Waals surface area contributed by atoms with Crippen LogP contribution in [0.3, 0.4) is 0 Å². The average Bonchev–Trinajstić information content (AvgIpc) is 3.73. The van der Waals surface area contributed by atoms with Crippen molar-refractivity contribution in [1.82, 2.24) is 19.3 Å². The molecule has 0 amide bonds. The minimum atomic E-state index is -0.750. The number of carbonyl (C=O) groups is 3. The predicted molar refractivity (Wildman–Crippen MR) is 165 cm³/mol. The SMILES string of the molecule is CC(C)(C)C(=O)n1nc(-c2cc(C(=O)c3ccccc3)c(=O)n(CC(=O)c3cncs3)c2)cc1NCc1ccc(Cl)s1. The number of halogens is 1. The lowest BCUT2D eigenvalue weighted by Gasteiger charge is -2.18. The van der Waals surface area contributed by atoms with Crippen molar-refractivity contribution in [1.29, 1.82) is 0 Å². The van der Waals surface area contributed by atoms with Crippen LogP contribution in [-0.4, -0.2) is 36.8 Å². The molecule has 0 spiro atoms. The number of anilines is 1. The first-order chi connectivity index (χ1) is 20.0. The smallest absolute Gasteiger partial charge is 0.262 e. The van der Waals surface area contributed by atoms with E-state index in [1.165, 1.54) is 55.9 Å². The van der Waals surface area contributed by atoms with Crippen LogP contribution in [0.4, 0.5) is 5.82 Å². The van der Waals surface area contributed by atoms with E-state index in [-0.39, 0.29) is 23.8 Å². The van der Waals surface area contributed by atoms with Crippen LogP contribution < -0.4 is 10.9 Å². The molecule has 0 saturated carbocycles. The fraction of sp³-hybridized carbons (Fsp3) is 0.200. The monoisotopic (exact) mass is 619 g/mol. The standard InChI is InChI=1S/C30H26ClN5O4S2/c1-30(2,3)29(40)36-26(33-13-20-9-10-25(31)42-20)12-22(34-36)19-11-21(27(38)18-7-5-4-6-8-18)28(39)35(15-19)16-23(37)24-14-32-17-41-24/h4-12,14-15,17,33H,13,16H2,1-3H3. The number of thiophene rings is 1. The van der Waals surface area contributed by atoms with Gasteiger partial charge >= 0.3 is 0 Å². The highest BCUT2D eigenvalue weighted by atomic mass is 35.5. The maximum absolute atomic E-state index is 13.5. The van der Waals surface area contributed by atoms with Crippen molar-refractivity contribution in [2.45, 2.75) is 33.9 Å². The summed E-state index contributed by atoms with van der Waals surface area (Å²) in [5.41, 5.74) is 1.14. The van der Waals surface area contributed by atoms with Crippen molar-refractivity contribution in [3.05, 3.63) is 108 Å². The Bertz CT molecular complexity index is 1830. The van der Waals surface area contributed by atoms with E-state index in [0.29, 0.717) is 38.4 Å². The van der Waals surface area contributed by atoms with Crippen LogP contribution in [0.15, 0.2) is 77.3 Å². The topological polar surface area (TPSA) is 116 Å². The first-order valence-electron chi connectivity index (χ1n) is 12.9. The summed E-state index contributed by atoms with van der Waals surface area (Å²) in [7, 11) is 0. The van der Waals surface area contributed by atoms with Crippen molar-refractivity contribution < 1.29 is 14.4 Å². The molecule has 42 heavy (non-hydrogen) atoms. The van der Waals surface area contributed by atoms with Gasteiger partial charge in [-0.1, -0.05) is 62.7 Å². The first-order valence-corrected chi connectivity index (χ1v) is 15.0. The molecule has 214 valence electrons. The maximum atomic E-state index is 13.5. The second-order valence-electron chi connectivity index (χ2n) is 10.5. The number of Topliss-reactive ketones (excluding diaryl/α,β-unsaturated/α-hetero) is 1. The average molecular weight is 620 g/mol. The Morgan fingerprint density at radius 1 is 1.05 bits per heavy atom. The second-order valence-corrected chi connectivity index (χ2v) is 13.2. The van der Waals surface area contributed by atoms with Gasteiger partial charge in [0.1, 0.15) is 5.82 Å². The molecule has 0 fully saturated rings. The van der Waals surface area contributed by atoms with Crippen molar-refractivity contribution in [3.8, 4) is 11.3 Å². The van der Waals surface area contributed by atoms with E-state index in [9.17, 15) is 19.2 Å². The van der Waals surface area contributed by atoms with Gasteiger partial charge in [0.05, 0.1) is 39.1 Å². The zero-order valence-corrected chi connectivity index (χ0v) is 25.3. The lowest BCUT2D eigenvalue weighted by atomic mass is 9.96. The Morgan fingerprint density at radius 3 is 2.45 bits per heavy atom. The summed E-state index contributed by atoms with van der Waals surface area (Å²) >= 11 is 8.67. The first kappa shape index (κ1) is 29.3. The largest absolute Gasteiger partial charge is 0.365 e. The predicted octanol–water partition coefficient (Wildman–Crippen LogP) is 6.30. The third-order valence-corrected chi connectivity index (χ3v) is 8.34. The molecular weight excluding hydrogens is 594 g/mol. The highest BCUT2D eigenvalue weighted by molar-refractivity contribution is 7.16. The maximum Gasteiger partial charge on any atom is 0.262 e. The van der Waals surface area contributed by atoms with Gasteiger partial charge in [-0.05, 0) is 18.2 Å². The number of nitrogens with one attached hydrogen (secondary N) is 1. The molecule has 0 radical (unpaired) electrons. The minimum absolute atomic E-state index is 0.116. The van der Waals surface area contributed by atoms with Crippen LogP contribution >= 0.6 is 34.3 Å². The molecule has 0 unspecified atom stereocenters. The lowest BCUT2D eigenvalue weighted by molar-refractivity contribution is 0.0752. The van der Waals surface area contributed by atoms with E-state index in [1.807, 2.05) is 6.07 Å². The highest BCUT2D eigenvalue weighted by Gasteiger charge is 2.28. The van der Waals surface area contributed by atoms with Gasteiger partial charge in [-0.3, -0.25) is 24.2 Å². The zero-order valence-electron chi connectivity index (χ0n) is 23.0. The Hall–Kier alpha value is -4.19. The molecule has 0 aliphatic carbocycles. The van der Waals surface area contributed by atoms with E-state index in [1.54, 1.807) is 63.2 Å². The molecule has 4 heterocycles. The number of rotatable bonds is 9. The van der Waals surface area contributed by atoms with E-state index >= 15 is 0 Å². The Balaban J connectivity index is 1.61. The number of ketones is 2. The molecule has 0 bridgehead atoms. The van der Waals surface area contributed by atoms with E-state index < -0.39 is 16.8 Å². The second kappa shape index (κ2) is 12.0. The summed E-state index contributed by atoms with van der Waals surface area (Å²) < 4.78 is 3.15. The van der Waals surface area contributed by atoms with Gasteiger partial charge in [0.15, 0.2) is 11.6 Å². The summed E-state index contributed by atoms with van der Waals surface area (Å²) in [5.74, 6) is -0.626. The normalized spacial score (nSPS) is 11.4. The van der Waals surface area contributed by atoms with Gasteiger partial charge in [-0.15, -0.1) is 22.7 Å². The van der Waals surface area contributed by atoms with Crippen molar-refractivity contribution >= 4 is 57.6 Å². The summed E-state index contributed by atoms with van der Waals surface area (Å²) in [5, 5.41) is 7.86. The number of hydrogen-bond acceptors (Lipinski definition) is 9. The zero-order chi connectivity index (χ0) is 30.0. The Morgan fingerprint density at radius 2 is 1.81 bits per heavy atom. The van der Waals surface area contributed by atoms with Crippen LogP contribution in [0, 0.1) is 5.41 Å². The number of carbonyl (C=O) groups excluding carboxylic acids is 3. The van der Waals surface area contributed by atoms with Gasteiger partial charge in [-0.2, -0.15) is 9.78 Å². The summed E-state index contributed by atoms with van der Waals surface area (Å²) in [6, 6.07) is 15.3. The molecule has 0 aliphatic rings. The molecule has 1 aromatic carbocycles. The van der Waals surface area contributed by atoms with Gasteiger partial charge in [-0.25, -0.2) is 0 Å². The van der Waals surface area contributed by atoms with Crippen LogP contribution in [0.25, 0.3) is 11.3 Å². The van der Waals surface area contributed by atoms with Crippen LogP contribution in [0.2, 0.25) is 4.34 Å². The van der Waals surface area contributed by atoms with Crippen molar-refractivity contribution in [2.24, 2.45) is 5.41 Å². The molecule has 5 rings (SSSR count). The Labute approximate surface area is 254 Å². The molecule has 12 heteroatoms. The number of aromatic nitrogens is 4. The molecule has 9 nitrogen and oxygen atoms in total. The molecular formula is C30H26ClN5O4S2. The van der Waals surface area contributed by atoms with Crippen molar-refractivity contribution in [3.63, 3.8) is 0 Å². The van der Waals surface area contributed by atoms with Gasteiger partial charge < -0.3 is 9.88 Å². The van der Waals surface area contributed by atoms with Gasteiger partial charge in [0, 0.05) is 39.9 Å². The number of thiazole rings is 1.